The van der Waals surface area contributed by atoms with Gasteiger partial charge in [-0.25, -0.2) is 4.98 Å². The van der Waals surface area contributed by atoms with Crippen molar-refractivity contribution < 1.29 is 15.2 Å². The Balaban J connectivity index is 1.97. The molecule has 1 aromatic carbocycles. The number of nitrogens with two attached hydrogens (primary N) is 1. The van der Waals surface area contributed by atoms with E-state index >= 15 is 0 Å². The minimum absolute atomic E-state index is 0.0347. The lowest BCUT2D eigenvalue weighted by Crippen LogP contribution is -2.90. The molecule has 3 rings (SSSR count). The number of carboxylic acids is 1. The van der Waals surface area contributed by atoms with Crippen molar-refractivity contribution in [2.75, 3.05) is 5.75 Å². The van der Waals surface area contributed by atoms with Crippen molar-refractivity contribution in [1.29, 1.82) is 0 Å². The number of hydrogen-bond donors (Lipinski definition) is 1. The molecule has 0 amide bonds. The van der Waals surface area contributed by atoms with Gasteiger partial charge < -0.3 is 15.2 Å². The van der Waals surface area contributed by atoms with Gasteiger partial charge in [-0.15, -0.1) is 0 Å². The quantitative estimate of drug-likeness (QED) is 0.810. The number of fused-ring (bicyclic) bond motifs is 1. The largest absolute Gasteiger partial charge is 0.544 e. The van der Waals surface area contributed by atoms with Gasteiger partial charge in [-0.05, 0) is 12.1 Å². The van der Waals surface area contributed by atoms with Crippen LogP contribution in [0.4, 0.5) is 0 Å². The molecule has 0 unspecified atom stereocenters. The van der Waals surface area contributed by atoms with E-state index in [0.29, 0.717) is 10.9 Å². The number of aromatic nitrogens is 1. The Labute approximate surface area is 119 Å². The van der Waals surface area contributed by atoms with Gasteiger partial charge in [0.25, 0.3) is 0 Å². The molecule has 1 aliphatic rings. The van der Waals surface area contributed by atoms with Crippen LogP contribution in [0.3, 0.4) is 0 Å². The summed E-state index contributed by atoms with van der Waals surface area (Å²) in [5.74, 6) is -0.504. The molecular weight excluding hydrogens is 284 g/mol. The summed E-state index contributed by atoms with van der Waals surface area (Å²) in [6.45, 7) is 0. The lowest BCUT2D eigenvalue weighted by atomic mass is 10.1. The fraction of sp³-hybridized carbons (Fsp3) is 0.231. The van der Waals surface area contributed by atoms with Crippen LogP contribution in [0, 0.1) is 0 Å². The zero-order valence-corrected chi connectivity index (χ0v) is 11.4. The normalized spacial score (nSPS) is 22.8. The average Bonchev–Trinajstić information content (AvgIpc) is 2.87. The maximum Gasteiger partial charge on any atom is 0.162 e. The molecule has 1 fully saturated rings. The highest BCUT2D eigenvalue weighted by molar-refractivity contribution is 7.99. The fourth-order valence-corrected chi connectivity index (χ4v) is 3.83. The second-order valence-electron chi connectivity index (χ2n) is 4.43. The first kappa shape index (κ1) is 12.7. The van der Waals surface area contributed by atoms with Gasteiger partial charge in [0.15, 0.2) is 5.37 Å². The molecule has 0 spiro atoms. The number of nitrogens with zero attached hydrogens (tertiary/aromatic N) is 1. The molecule has 6 heteroatoms. The standard InChI is InChI=1S/C13H11ClN2O2S/c14-11-8(12-16-10(6-19-12)13(17)18)5-7-3-1-2-4-9(7)15-11/h1-5,10,12,16H,6H2,(H,17,18)/t10-,12-/m1/s1. The lowest BCUT2D eigenvalue weighted by molar-refractivity contribution is -0.690. The number of rotatable bonds is 2. The Hall–Kier alpha value is -1.30. The molecule has 1 aliphatic heterocycles. The van der Waals surface area contributed by atoms with Crippen LogP contribution in [0.1, 0.15) is 10.9 Å². The second kappa shape index (κ2) is 5.00. The van der Waals surface area contributed by atoms with E-state index in [-0.39, 0.29) is 5.37 Å². The zero-order valence-electron chi connectivity index (χ0n) is 9.88. The van der Waals surface area contributed by atoms with Crippen molar-refractivity contribution in [2.24, 2.45) is 0 Å². The van der Waals surface area contributed by atoms with Crippen LogP contribution in [0.5, 0.6) is 0 Å². The maximum absolute atomic E-state index is 10.9. The number of pyridine rings is 1. The lowest BCUT2D eigenvalue weighted by Gasteiger charge is -2.12. The molecule has 2 aromatic rings. The summed E-state index contributed by atoms with van der Waals surface area (Å²) < 4.78 is 0. The third kappa shape index (κ3) is 2.41. The van der Waals surface area contributed by atoms with Crippen LogP contribution in [-0.2, 0) is 4.79 Å². The predicted octanol–water partition coefficient (Wildman–Crippen LogP) is 0.316. The molecule has 0 radical (unpaired) electrons. The highest BCUT2D eigenvalue weighted by atomic mass is 35.5. The number of aliphatic carboxylic acids is 1. The monoisotopic (exact) mass is 294 g/mol. The third-order valence-electron chi connectivity index (χ3n) is 3.18. The molecule has 0 aliphatic carbocycles. The molecule has 1 aromatic heterocycles. The zero-order chi connectivity index (χ0) is 13.4. The van der Waals surface area contributed by atoms with E-state index < -0.39 is 12.0 Å². The van der Waals surface area contributed by atoms with Crippen LogP contribution in [0.2, 0.25) is 5.15 Å². The highest BCUT2D eigenvalue weighted by Crippen LogP contribution is 2.32. The number of quaternary nitrogens is 1. The summed E-state index contributed by atoms with van der Waals surface area (Å²) >= 11 is 7.76. The summed E-state index contributed by atoms with van der Waals surface area (Å²) in [4.78, 5) is 15.2. The number of para-hydroxylation sites is 1. The molecule has 2 atom stereocenters. The van der Waals surface area contributed by atoms with Gasteiger partial charge in [-0.2, -0.15) is 0 Å². The summed E-state index contributed by atoms with van der Waals surface area (Å²) in [5.41, 5.74) is 1.71. The summed E-state index contributed by atoms with van der Waals surface area (Å²) in [7, 11) is 0. The Morgan fingerprint density at radius 2 is 2.26 bits per heavy atom. The first-order valence-electron chi connectivity index (χ1n) is 5.88. The van der Waals surface area contributed by atoms with E-state index in [2.05, 4.69) is 4.98 Å². The molecule has 0 bridgehead atoms. The van der Waals surface area contributed by atoms with E-state index in [1.165, 1.54) is 0 Å². The Morgan fingerprint density at radius 1 is 1.47 bits per heavy atom. The summed E-state index contributed by atoms with van der Waals surface area (Å²) in [6.07, 6.45) is 0. The predicted molar refractivity (Wildman–Crippen MR) is 72.7 cm³/mol. The van der Waals surface area contributed by atoms with E-state index in [1.807, 2.05) is 30.3 Å². The molecule has 4 nitrogen and oxygen atoms in total. The van der Waals surface area contributed by atoms with Crippen LogP contribution in [-0.4, -0.2) is 22.7 Å². The molecule has 98 valence electrons. The minimum atomic E-state index is -1.03. The molecule has 2 N–H and O–H groups in total. The van der Waals surface area contributed by atoms with Crippen molar-refractivity contribution >= 4 is 40.2 Å². The van der Waals surface area contributed by atoms with Gasteiger partial charge in [-0.3, -0.25) is 0 Å². The van der Waals surface area contributed by atoms with Crippen molar-refractivity contribution in [3.63, 3.8) is 0 Å². The van der Waals surface area contributed by atoms with Crippen molar-refractivity contribution in [2.45, 2.75) is 11.4 Å². The topological polar surface area (TPSA) is 69.6 Å². The van der Waals surface area contributed by atoms with Gasteiger partial charge in [0.2, 0.25) is 0 Å². The van der Waals surface area contributed by atoms with E-state index in [4.69, 9.17) is 11.6 Å². The Morgan fingerprint density at radius 3 is 3.00 bits per heavy atom. The van der Waals surface area contributed by atoms with Crippen molar-refractivity contribution in [3.05, 3.63) is 41.0 Å². The number of carbonyl (C=O) groups is 1. The summed E-state index contributed by atoms with van der Waals surface area (Å²) in [5, 5.41) is 14.1. The second-order valence-corrected chi connectivity index (χ2v) is 5.97. The Bertz CT molecular complexity index is 650. The fourth-order valence-electron chi connectivity index (χ4n) is 2.18. The minimum Gasteiger partial charge on any atom is -0.544 e. The molecule has 19 heavy (non-hydrogen) atoms. The molecule has 0 saturated carbocycles. The van der Waals surface area contributed by atoms with E-state index in [9.17, 15) is 9.90 Å². The number of carbonyl (C=O) groups excluding carboxylic acids is 1. The molecule has 2 heterocycles. The number of benzene rings is 1. The number of thioether (sulfide) groups is 1. The van der Waals surface area contributed by atoms with Crippen LogP contribution >= 0.6 is 23.4 Å². The van der Waals surface area contributed by atoms with Crippen molar-refractivity contribution in [3.8, 4) is 0 Å². The maximum atomic E-state index is 10.9. The van der Waals surface area contributed by atoms with Gasteiger partial charge in [-0.1, -0.05) is 41.6 Å². The van der Waals surface area contributed by atoms with E-state index in [0.717, 1.165) is 16.5 Å². The van der Waals surface area contributed by atoms with Gasteiger partial charge in [0.05, 0.1) is 16.8 Å². The highest BCUT2D eigenvalue weighted by Gasteiger charge is 2.32. The third-order valence-corrected chi connectivity index (χ3v) is 4.80. The first-order valence-corrected chi connectivity index (χ1v) is 7.30. The van der Waals surface area contributed by atoms with Gasteiger partial charge in [0.1, 0.15) is 17.2 Å². The van der Waals surface area contributed by atoms with Gasteiger partial charge in [0, 0.05) is 5.39 Å². The van der Waals surface area contributed by atoms with E-state index in [1.54, 1.807) is 17.1 Å². The number of halogens is 1. The smallest absolute Gasteiger partial charge is 0.162 e. The SMILES string of the molecule is O=C([O-])[C@H]1CS[C@H](c2cc3ccccc3nc2Cl)[NH2+]1. The average molecular weight is 295 g/mol. The summed E-state index contributed by atoms with van der Waals surface area (Å²) in [6, 6.07) is 9.19. The van der Waals surface area contributed by atoms with Crippen LogP contribution in [0.15, 0.2) is 30.3 Å². The first-order chi connectivity index (χ1) is 9.15. The van der Waals surface area contributed by atoms with Crippen LogP contribution in [0.25, 0.3) is 10.9 Å². The van der Waals surface area contributed by atoms with Crippen molar-refractivity contribution in [1.82, 2.24) is 4.98 Å². The van der Waals surface area contributed by atoms with Gasteiger partial charge >= 0.3 is 0 Å². The molecule has 1 saturated heterocycles. The number of hydrogen-bond acceptors (Lipinski definition) is 4. The molecular formula is C13H11ClN2O2S. The number of carboxylic acid groups (broad SMARTS) is 1. The van der Waals surface area contributed by atoms with Crippen LogP contribution < -0.4 is 10.4 Å². The Kier molecular flexibility index (Phi) is 3.35.